The maximum Gasteiger partial charge on any atom is 0.147 e. The number of nitrogens with zero attached hydrogens (tertiary/aromatic N) is 1. The Morgan fingerprint density at radius 1 is 1.33 bits per heavy atom. The predicted molar refractivity (Wildman–Crippen MR) is 70.0 cm³/mol. The van der Waals surface area contributed by atoms with Gasteiger partial charge < -0.3 is 5.73 Å². The van der Waals surface area contributed by atoms with E-state index in [1.807, 2.05) is 12.1 Å². The second kappa shape index (κ2) is 5.73. The minimum atomic E-state index is -1.23. The average molecular weight is 264 g/mol. The highest BCUT2D eigenvalue weighted by Gasteiger charge is 2.07. The lowest BCUT2D eigenvalue weighted by Crippen LogP contribution is -2.03. The van der Waals surface area contributed by atoms with E-state index in [0.717, 1.165) is 5.56 Å². The van der Waals surface area contributed by atoms with Crippen LogP contribution in [0, 0.1) is 5.82 Å². The standard InChI is InChI=1S/C13H13FN2OS/c14-12-8-11(3-4-13(12)15)18(17)7-5-10-2-1-6-16-9-10/h1-4,6,8-9H,5,7,15H2. The zero-order chi connectivity index (χ0) is 13.0. The molecular weight excluding hydrogens is 251 g/mol. The number of nitrogen functional groups attached to an aromatic ring is 1. The summed E-state index contributed by atoms with van der Waals surface area (Å²) in [5.41, 5.74) is 6.46. The topological polar surface area (TPSA) is 56.0 Å². The van der Waals surface area contributed by atoms with Crippen molar-refractivity contribution < 1.29 is 8.60 Å². The Hall–Kier alpha value is -1.75. The van der Waals surface area contributed by atoms with Crippen molar-refractivity contribution in [1.29, 1.82) is 0 Å². The Bertz CT molecular complexity index is 560. The molecule has 0 radical (unpaired) electrons. The molecule has 2 aromatic rings. The fourth-order valence-electron chi connectivity index (χ4n) is 1.52. The third kappa shape index (κ3) is 3.13. The smallest absolute Gasteiger partial charge is 0.147 e. The quantitative estimate of drug-likeness (QED) is 0.861. The van der Waals surface area contributed by atoms with E-state index in [-0.39, 0.29) is 5.69 Å². The molecule has 0 spiro atoms. The van der Waals surface area contributed by atoms with Crippen LogP contribution in [0.15, 0.2) is 47.6 Å². The number of halogens is 1. The van der Waals surface area contributed by atoms with Crippen molar-refractivity contribution in [3.63, 3.8) is 0 Å². The Morgan fingerprint density at radius 3 is 2.83 bits per heavy atom. The average Bonchev–Trinajstić information content (AvgIpc) is 2.40. The van der Waals surface area contributed by atoms with Crippen molar-refractivity contribution >= 4 is 16.5 Å². The van der Waals surface area contributed by atoms with Crippen LogP contribution < -0.4 is 5.73 Å². The predicted octanol–water partition coefficient (Wildman–Crippen LogP) is 2.15. The normalized spacial score (nSPS) is 12.3. The molecule has 0 aliphatic heterocycles. The Labute approximate surface area is 107 Å². The summed E-state index contributed by atoms with van der Waals surface area (Å²) in [5, 5.41) is 0. The number of aryl methyl sites for hydroxylation is 1. The van der Waals surface area contributed by atoms with Gasteiger partial charge in [0.1, 0.15) is 5.82 Å². The van der Waals surface area contributed by atoms with Crippen molar-refractivity contribution in [1.82, 2.24) is 4.98 Å². The van der Waals surface area contributed by atoms with E-state index in [4.69, 9.17) is 5.73 Å². The van der Waals surface area contributed by atoms with E-state index in [1.54, 1.807) is 18.5 Å². The molecule has 1 aromatic carbocycles. The van der Waals surface area contributed by atoms with Crippen LogP contribution in [0.25, 0.3) is 0 Å². The highest BCUT2D eigenvalue weighted by molar-refractivity contribution is 7.85. The summed E-state index contributed by atoms with van der Waals surface area (Å²) in [6, 6.07) is 8.02. The first kappa shape index (κ1) is 12.7. The number of hydrogen-bond acceptors (Lipinski definition) is 3. The Morgan fingerprint density at radius 2 is 2.17 bits per heavy atom. The van der Waals surface area contributed by atoms with Crippen LogP contribution >= 0.6 is 0 Å². The van der Waals surface area contributed by atoms with Crippen LogP contribution in [0.1, 0.15) is 5.56 Å². The number of pyridine rings is 1. The first-order chi connectivity index (χ1) is 8.66. The molecule has 0 aliphatic rings. The van der Waals surface area contributed by atoms with Gasteiger partial charge in [-0.3, -0.25) is 9.19 Å². The molecule has 1 unspecified atom stereocenters. The van der Waals surface area contributed by atoms with Crippen molar-refractivity contribution in [2.24, 2.45) is 0 Å². The monoisotopic (exact) mass is 264 g/mol. The van der Waals surface area contributed by atoms with Crippen LogP contribution in [0.4, 0.5) is 10.1 Å². The van der Waals surface area contributed by atoms with Crippen molar-refractivity contribution in [3.05, 3.63) is 54.1 Å². The van der Waals surface area contributed by atoms with Gasteiger partial charge in [-0.2, -0.15) is 0 Å². The zero-order valence-electron chi connectivity index (χ0n) is 9.67. The van der Waals surface area contributed by atoms with Crippen LogP contribution in [0.3, 0.4) is 0 Å². The van der Waals surface area contributed by atoms with Crippen molar-refractivity contribution in [3.8, 4) is 0 Å². The van der Waals surface area contributed by atoms with Gasteiger partial charge in [0, 0.05) is 23.0 Å². The first-order valence-corrected chi connectivity index (χ1v) is 6.81. The highest BCUT2D eigenvalue weighted by atomic mass is 32.2. The molecule has 0 bridgehead atoms. The molecule has 1 atom stereocenters. The van der Waals surface area contributed by atoms with E-state index in [1.165, 1.54) is 12.1 Å². The van der Waals surface area contributed by atoms with E-state index in [2.05, 4.69) is 4.98 Å². The first-order valence-electron chi connectivity index (χ1n) is 5.49. The molecule has 0 aliphatic carbocycles. The zero-order valence-corrected chi connectivity index (χ0v) is 10.5. The van der Waals surface area contributed by atoms with E-state index < -0.39 is 16.6 Å². The summed E-state index contributed by atoms with van der Waals surface area (Å²) >= 11 is 0. The van der Waals surface area contributed by atoms with Gasteiger partial charge >= 0.3 is 0 Å². The number of nitrogens with two attached hydrogens (primary N) is 1. The van der Waals surface area contributed by atoms with E-state index in [9.17, 15) is 8.60 Å². The summed E-state index contributed by atoms with van der Waals surface area (Å²) in [5.74, 6) is -0.0862. The molecule has 1 aromatic heterocycles. The Kier molecular flexibility index (Phi) is 4.04. The van der Waals surface area contributed by atoms with Crippen LogP contribution in [0.5, 0.6) is 0 Å². The SMILES string of the molecule is Nc1ccc(S(=O)CCc2cccnc2)cc1F. The summed E-state index contributed by atoms with van der Waals surface area (Å²) in [7, 11) is -1.23. The maximum absolute atomic E-state index is 13.2. The largest absolute Gasteiger partial charge is 0.396 e. The lowest BCUT2D eigenvalue weighted by Gasteiger charge is -2.04. The minimum Gasteiger partial charge on any atom is -0.396 e. The van der Waals surface area contributed by atoms with E-state index >= 15 is 0 Å². The van der Waals surface area contributed by atoms with Crippen molar-refractivity contribution in [2.75, 3.05) is 11.5 Å². The number of rotatable bonds is 4. The van der Waals surface area contributed by atoms with Crippen LogP contribution in [-0.2, 0) is 17.2 Å². The molecule has 0 saturated carbocycles. The van der Waals surface area contributed by atoms with Gasteiger partial charge in [0.05, 0.1) is 16.5 Å². The number of anilines is 1. The van der Waals surface area contributed by atoms with Gasteiger partial charge in [-0.1, -0.05) is 6.07 Å². The lowest BCUT2D eigenvalue weighted by atomic mass is 10.2. The van der Waals surface area contributed by atoms with Crippen LogP contribution in [0.2, 0.25) is 0 Å². The molecule has 1 heterocycles. The second-order valence-electron chi connectivity index (χ2n) is 3.84. The number of benzene rings is 1. The van der Waals surface area contributed by atoms with Gasteiger partial charge in [-0.05, 0) is 36.2 Å². The molecule has 3 nitrogen and oxygen atoms in total. The molecule has 0 amide bonds. The molecular formula is C13H13FN2OS. The fourth-order valence-corrected chi connectivity index (χ4v) is 2.64. The van der Waals surface area contributed by atoms with Crippen LogP contribution in [-0.4, -0.2) is 14.9 Å². The van der Waals surface area contributed by atoms with Crippen molar-refractivity contribution in [2.45, 2.75) is 11.3 Å². The molecule has 0 fully saturated rings. The summed E-state index contributed by atoms with van der Waals surface area (Å²) in [6.07, 6.45) is 4.07. The minimum absolute atomic E-state index is 0.0722. The Balaban J connectivity index is 2.02. The molecule has 5 heteroatoms. The van der Waals surface area contributed by atoms with Gasteiger partial charge in [-0.25, -0.2) is 4.39 Å². The molecule has 2 rings (SSSR count). The molecule has 0 saturated heterocycles. The van der Waals surface area contributed by atoms with Gasteiger partial charge in [-0.15, -0.1) is 0 Å². The number of aromatic nitrogens is 1. The third-order valence-corrected chi connectivity index (χ3v) is 3.89. The molecule has 2 N–H and O–H groups in total. The van der Waals surface area contributed by atoms with Gasteiger partial charge in [0.2, 0.25) is 0 Å². The molecule has 18 heavy (non-hydrogen) atoms. The summed E-state index contributed by atoms with van der Waals surface area (Å²) in [4.78, 5) is 4.45. The number of hydrogen-bond donors (Lipinski definition) is 1. The van der Waals surface area contributed by atoms with Gasteiger partial charge in [0.25, 0.3) is 0 Å². The summed E-state index contributed by atoms with van der Waals surface area (Å²) < 4.78 is 25.2. The second-order valence-corrected chi connectivity index (χ2v) is 5.41. The fraction of sp³-hybridized carbons (Fsp3) is 0.154. The molecule has 94 valence electrons. The van der Waals surface area contributed by atoms with Gasteiger partial charge in [0.15, 0.2) is 0 Å². The third-order valence-electron chi connectivity index (χ3n) is 2.53. The van der Waals surface area contributed by atoms with E-state index in [0.29, 0.717) is 17.1 Å². The lowest BCUT2D eigenvalue weighted by molar-refractivity contribution is 0.627. The highest BCUT2D eigenvalue weighted by Crippen LogP contribution is 2.15. The summed E-state index contributed by atoms with van der Waals surface area (Å²) in [6.45, 7) is 0. The maximum atomic E-state index is 13.2.